The number of ether oxygens (including phenoxy) is 3. The van der Waals surface area contributed by atoms with Crippen LogP contribution in [0, 0.1) is 0 Å². The molecule has 0 saturated heterocycles. The smallest absolute Gasteiger partial charge is 0.272 e. The second-order valence-corrected chi connectivity index (χ2v) is 7.09. The fraction of sp³-hybridized carbons (Fsp3) is 0.238. The van der Waals surface area contributed by atoms with E-state index >= 15 is 0 Å². The molecule has 8 heteroatoms. The Morgan fingerprint density at radius 2 is 1.55 bits per heavy atom. The molecular formula is C21H21NO6S. The van der Waals surface area contributed by atoms with Gasteiger partial charge in [0.25, 0.3) is 11.8 Å². The van der Waals surface area contributed by atoms with Crippen molar-refractivity contribution in [2.75, 3.05) is 38.6 Å². The van der Waals surface area contributed by atoms with E-state index in [1.165, 1.54) is 14.2 Å². The van der Waals surface area contributed by atoms with Crippen LogP contribution in [0.1, 0.15) is 5.56 Å². The normalized spacial score (nSPS) is 13.9. The summed E-state index contributed by atoms with van der Waals surface area (Å²) in [5.74, 6) is 0.857. The van der Waals surface area contributed by atoms with Crippen LogP contribution in [0.2, 0.25) is 0 Å². The summed E-state index contributed by atoms with van der Waals surface area (Å²) in [6.45, 7) is -0.117. The molecule has 0 fully saturated rings. The van der Waals surface area contributed by atoms with Crippen LogP contribution in [0.25, 0.3) is 5.57 Å². The average molecular weight is 415 g/mol. The third kappa shape index (κ3) is 3.94. The predicted molar refractivity (Wildman–Crippen MR) is 111 cm³/mol. The molecule has 0 aromatic heterocycles. The number of benzene rings is 2. The molecule has 1 N–H and O–H groups in total. The SMILES string of the molecule is COc1ccc(C2=C(SCCO)C(=O)N(c3cc(OC)ccc3OC)C2=O)cc1. The van der Waals surface area contributed by atoms with Gasteiger partial charge in [-0.25, -0.2) is 4.90 Å². The van der Waals surface area contributed by atoms with Gasteiger partial charge in [0.2, 0.25) is 0 Å². The van der Waals surface area contributed by atoms with Crippen LogP contribution in [-0.2, 0) is 9.59 Å². The maximum Gasteiger partial charge on any atom is 0.272 e. The van der Waals surface area contributed by atoms with Gasteiger partial charge in [-0.2, -0.15) is 0 Å². The maximum absolute atomic E-state index is 13.4. The van der Waals surface area contributed by atoms with Crippen LogP contribution in [0.5, 0.6) is 17.2 Å². The third-order valence-corrected chi connectivity index (χ3v) is 5.44. The highest BCUT2D eigenvalue weighted by Crippen LogP contribution is 2.42. The lowest BCUT2D eigenvalue weighted by Gasteiger charge is -2.19. The number of carbonyl (C=O) groups excluding carboxylic acids is 2. The zero-order valence-electron chi connectivity index (χ0n) is 16.3. The van der Waals surface area contributed by atoms with Crippen LogP contribution < -0.4 is 19.1 Å². The van der Waals surface area contributed by atoms with Crippen molar-refractivity contribution in [1.29, 1.82) is 0 Å². The Bertz CT molecular complexity index is 954. The lowest BCUT2D eigenvalue weighted by molar-refractivity contribution is -0.119. The molecule has 1 heterocycles. The highest BCUT2D eigenvalue weighted by Gasteiger charge is 2.41. The highest BCUT2D eigenvalue weighted by atomic mass is 32.2. The first-order chi connectivity index (χ1) is 14.0. The molecule has 152 valence electrons. The second kappa shape index (κ2) is 9.02. The van der Waals surface area contributed by atoms with E-state index in [1.54, 1.807) is 49.6 Å². The molecule has 1 aliphatic heterocycles. The highest BCUT2D eigenvalue weighted by molar-refractivity contribution is 8.04. The Kier molecular flexibility index (Phi) is 6.46. The molecule has 0 spiro atoms. The quantitative estimate of drug-likeness (QED) is 0.664. The first kappa shape index (κ1) is 20.8. The summed E-state index contributed by atoms with van der Waals surface area (Å²) in [6.07, 6.45) is 0. The van der Waals surface area contributed by atoms with E-state index in [0.29, 0.717) is 28.5 Å². The number of anilines is 1. The van der Waals surface area contributed by atoms with E-state index < -0.39 is 11.8 Å². The fourth-order valence-corrected chi connectivity index (χ4v) is 3.85. The van der Waals surface area contributed by atoms with Gasteiger partial charge in [0.15, 0.2) is 0 Å². The predicted octanol–water partition coefficient (Wildman–Crippen LogP) is 2.72. The summed E-state index contributed by atoms with van der Waals surface area (Å²) in [6, 6.07) is 11.8. The molecule has 0 bridgehead atoms. The van der Waals surface area contributed by atoms with Gasteiger partial charge in [0.1, 0.15) is 17.2 Å². The minimum atomic E-state index is -0.467. The number of thioether (sulfide) groups is 1. The van der Waals surface area contributed by atoms with Crippen LogP contribution in [0.3, 0.4) is 0 Å². The summed E-state index contributed by atoms with van der Waals surface area (Å²) in [4.78, 5) is 27.9. The maximum atomic E-state index is 13.4. The number of rotatable bonds is 8. The number of hydrogen-bond acceptors (Lipinski definition) is 7. The van der Waals surface area contributed by atoms with Crippen molar-refractivity contribution in [3.8, 4) is 17.2 Å². The summed E-state index contributed by atoms with van der Waals surface area (Å²) in [7, 11) is 4.52. The number of carbonyl (C=O) groups is 2. The molecule has 0 saturated carbocycles. The van der Waals surface area contributed by atoms with E-state index in [1.807, 2.05) is 0 Å². The van der Waals surface area contributed by atoms with Gasteiger partial charge >= 0.3 is 0 Å². The van der Waals surface area contributed by atoms with Gasteiger partial charge in [-0.05, 0) is 29.8 Å². The lowest BCUT2D eigenvalue weighted by atomic mass is 10.1. The molecule has 3 rings (SSSR count). The molecule has 2 amide bonds. The minimum Gasteiger partial charge on any atom is -0.497 e. The summed E-state index contributed by atoms with van der Waals surface area (Å²) < 4.78 is 15.8. The van der Waals surface area contributed by atoms with Gasteiger partial charge in [-0.1, -0.05) is 12.1 Å². The molecule has 0 atom stereocenters. The standard InChI is InChI=1S/C21H21NO6S/c1-26-14-6-4-13(5-7-14)18-19(29-11-10-23)21(25)22(20(18)24)16-12-15(27-2)8-9-17(16)28-3/h4-9,12,23H,10-11H2,1-3H3. The number of aliphatic hydroxyl groups is 1. The summed E-state index contributed by atoms with van der Waals surface area (Å²) >= 11 is 1.14. The van der Waals surface area contributed by atoms with E-state index in [2.05, 4.69) is 0 Å². The number of hydrogen-bond donors (Lipinski definition) is 1. The van der Waals surface area contributed by atoms with Crippen molar-refractivity contribution in [3.63, 3.8) is 0 Å². The first-order valence-electron chi connectivity index (χ1n) is 8.78. The van der Waals surface area contributed by atoms with Crippen molar-refractivity contribution in [2.24, 2.45) is 0 Å². The topological polar surface area (TPSA) is 85.3 Å². The fourth-order valence-electron chi connectivity index (χ4n) is 2.99. The largest absolute Gasteiger partial charge is 0.497 e. The lowest BCUT2D eigenvalue weighted by Crippen LogP contribution is -2.31. The monoisotopic (exact) mass is 415 g/mol. The molecule has 2 aromatic rings. The first-order valence-corrected chi connectivity index (χ1v) is 9.77. The van der Waals surface area contributed by atoms with Gasteiger partial charge < -0.3 is 19.3 Å². The van der Waals surface area contributed by atoms with E-state index in [0.717, 1.165) is 16.7 Å². The number of amides is 2. The number of aliphatic hydroxyl groups excluding tert-OH is 1. The number of methoxy groups -OCH3 is 3. The molecule has 7 nitrogen and oxygen atoms in total. The van der Waals surface area contributed by atoms with E-state index in [4.69, 9.17) is 14.2 Å². The molecular weight excluding hydrogens is 394 g/mol. The molecule has 29 heavy (non-hydrogen) atoms. The zero-order valence-corrected chi connectivity index (χ0v) is 17.1. The van der Waals surface area contributed by atoms with Crippen LogP contribution >= 0.6 is 11.8 Å². The van der Waals surface area contributed by atoms with Gasteiger partial charge in [-0.15, -0.1) is 11.8 Å². The van der Waals surface area contributed by atoms with Crippen molar-refractivity contribution in [3.05, 3.63) is 52.9 Å². The van der Waals surface area contributed by atoms with Gasteiger partial charge in [0, 0.05) is 11.8 Å². The van der Waals surface area contributed by atoms with Crippen molar-refractivity contribution in [1.82, 2.24) is 0 Å². The third-order valence-electron chi connectivity index (χ3n) is 4.38. The van der Waals surface area contributed by atoms with Crippen LogP contribution in [0.4, 0.5) is 5.69 Å². The second-order valence-electron chi connectivity index (χ2n) is 5.99. The van der Waals surface area contributed by atoms with Crippen molar-refractivity contribution in [2.45, 2.75) is 0 Å². The Morgan fingerprint density at radius 1 is 0.897 bits per heavy atom. The summed E-state index contributed by atoms with van der Waals surface area (Å²) in [5.41, 5.74) is 1.17. The van der Waals surface area contributed by atoms with Gasteiger partial charge in [0.05, 0.1) is 44.1 Å². The van der Waals surface area contributed by atoms with Gasteiger partial charge in [-0.3, -0.25) is 9.59 Å². The summed E-state index contributed by atoms with van der Waals surface area (Å²) in [5, 5.41) is 9.23. The Morgan fingerprint density at radius 3 is 2.14 bits per heavy atom. The molecule has 0 unspecified atom stereocenters. The molecule has 0 aliphatic carbocycles. The Hall–Kier alpha value is -2.97. The van der Waals surface area contributed by atoms with E-state index in [-0.39, 0.29) is 22.8 Å². The van der Waals surface area contributed by atoms with Crippen LogP contribution in [0.15, 0.2) is 47.4 Å². The van der Waals surface area contributed by atoms with Crippen molar-refractivity contribution < 1.29 is 28.9 Å². The Balaban J connectivity index is 2.10. The molecule has 2 aromatic carbocycles. The average Bonchev–Trinajstić information content (AvgIpc) is 3.00. The van der Waals surface area contributed by atoms with Crippen LogP contribution in [-0.4, -0.2) is 50.6 Å². The van der Waals surface area contributed by atoms with Crippen molar-refractivity contribution >= 4 is 34.8 Å². The molecule has 1 aliphatic rings. The number of nitrogens with zero attached hydrogens (tertiary/aromatic N) is 1. The number of imide groups is 1. The Labute approximate surface area is 172 Å². The molecule has 0 radical (unpaired) electrons. The zero-order chi connectivity index (χ0) is 21.0. The van der Waals surface area contributed by atoms with E-state index in [9.17, 15) is 14.7 Å². The minimum absolute atomic E-state index is 0.117.